The molecule has 4 nitrogen and oxygen atoms in total. The lowest BCUT2D eigenvalue weighted by molar-refractivity contribution is -0.141. The van der Waals surface area contributed by atoms with E-state index in [0.29, 0.717) is 12.5 Å². The van der Waals surface area contributed by atoms with Crippen molar-refractivity contribution < 1.29 is 14.3 Å². The minimum atomic E-state index is -0.250. The van der Waals surface area contributed by atoms with Crippen molar-refractivity contribution in [3.63, 3.8) is 0 Å². The fourth-order valence-corrected chi connectivity index (χ4v) is 2.21. The average molecular weight is 293 g/mol. The van der Waals surface area contributed by atoms with Crippen molar-refractivity contribution in [2.45, 2.75) is 40.7 Å². The maximum Gasteiger partial charge on any atom is 0.308 e. The quantitative estimate of drug-likeness (QED) is 0.749. The Hall–Kier alpha value is -1.55. The van der Waals surface area contributed by atoms with E-state index in [0.717, 1.165) is 30.0 Å². The van der Waals surface area contributed by atoms with Gasteiger partial charge >= 0.3 is 5.97 Å². The topological polar surface area (TPSA) is 47.6 Å². The minimum absolute atomic E-state index is 0.250. The van der Waals surface area contributed by atoms with Crippen LogP contribution in [-0.2, 0) is 16.1 Å². The van der Waals surface area contributed by atoms with Crippen LogP contribution in [0.5, 0.6) is 5.75 Å². The second kappa shape index (κ2) is 8.67. The SMILES string of the molecule is COC(=O)CCOc1c(C)cc(CNCC(C)C)cc1C. The Labute approximate surface area is 127 Å². The van der Waals surface area contributed by atoms with Gasteiger partial charge in [-0.1, -0.05) is 26.0 Å². The van der Waals surface area contributed by atoms with Gasteiger partial charge in [-0.3, -0.25) is 4.79 Å². The maximum absolute atomic E-state index is 11.1. The lowest BCUT2D eigenvalue weighted by Gasteiger charge is -2.14. The van der Waals surface area contributed by atoms with Crippen molar-refractivity contribution in [3.8, 4) is 5.75 Å². The number of rotatable bonds is 8. The molecule has 0 heterocycles. The zero-order chi connectivity index (χ0) is 15.8. The summed E-state index contributed by atoms with van der Waals surface area (Å²) in [7, 11) is 1.39. The van der Waals surface area contributed by atoms with Crippen molar-refractivity contribution in [2.75, 3.05) is 20.3 Å². The van der Waals surface area contributed by atoms with Gasteiger partial charge in [0.05, 0.1) is 20.1 Å². The molecule has 118 valence electrons. The summed E-state index contributed by atoms with van der Waals surface area (Å²) in [6.45, 7) is 10.7. The second-order valence-electron chi connectivity index (χ2n) is 5.76. The molecule has 0 aliphatic rings. The summed E-state index contributed by atoms with van der Waals surface area (Å²) in [6.07, 6.45) is 0.271. The van der Waals surface area contributed by atoms with Gasteiger partial charge in [0.25, 0.3) is 0 Å². The number of methoxy groups -OCH3 is 1. The number of benzene rings is 1. The first-order valence-corrected chi connectivity index (χ1v) is 7.44. The van der Waals surface area contributed by atoms with Crippen molar-refractivity contribution in [3.05, 3.63) is 28.8 Å². The fraction of sp³-hybridized carbons (Fsp3) is 0.588. The Morgan fingerprint density at radius 2 is 1.86 bits per heavy atom. The molecule has 0 atom stereocenters. The molecule has 1 aromatic carbocycles. The van der Waals surface area contributed by atoms with Crippen LogP contribution in [0.15, 0.2) is 12.1 Å². The molecule has 0 unspecified atom stereocenters. The van der Waals surface area contributed by atoms with Gasteiger partial charge < -0.3 is 14.8 Å². The van der Waals surface area contributed by atoms with Crippen molar-refractivity contribution in [1.29, 1.82) is 0 Å². The van der Waals surface area contributed by atoms with Gasteiger partial charge in [0.15, 0.2) is 0 Å². The summed E-state index contributed by atoms with van der Waals surface area (Å²) in [5, 5.41) is 3.44. The van der Waals surface area contributed by atoms with Crippen LogP contribution in [0.25, 0.3) is 0 Å². The molecule has 0 radical (unpaired) electrons. The molecule has 0 amide bonds. The number of carbonyl (C=O) groups is 1. The van der Waals surface area contributed by atoms with Crippen molar-refractivity contribution >= 4 is 5.97 Å². The molecule has 0 saturated heterocycles. The Kier molecular flexibility index (Phi) is 7.23. The van der Waals surface area contributed by atoms with Crippen LogP contribution < -0.4 is 10.1 Å². The highest BCUT2D eigenvalue weighted by Crippen LogP contribution is 2.25. The predicted octanol–water partition coefficient (Wildman–Crippen LogP) is 2.99. The number of hydrogen-bond donors (Lipinski definition) is 1. The first-order valence-electron chi connectivity index (χ1n) is 7.44. The third kappa shape index (κ3) is 6.17. The molecule has 0 fully saturated rings. The Bertz CT molecular complexity index is 446. The van der Waals surface area contributed by atoms with E-state index in [-0.39, 0.29) is 12.4 Å². The largest absolute Gasteiger partial charge is 0.492 e. The van der Waals surface area contributed by atoms with Crippen LogP contribution in [0.1, 0.15) is 37.0 Å². The van der Waals surface area contributed by atoms with Crippen LogP contribution in [0.3, 0.4) is 0 Å². The Morgan fingerprint density at radius 3 is 2.38 bits per heavy atom. The zero-order valence-corrected chi connectivity index (χ0v) is 13.8. The normalized spacial score (nSPS) is 10.8. The van der Waals surface area contributed by atoms with E-state index >= 15 is 0 Å². The fourth-order valence-electron chi connectivity index (χ4n) is 2.21. The molecule has 4 heteroatoms. The van der Waals surface area contributed by atoms with Crippen LogP contribution in [0.4, 0.5) is 0 Å². The summed E-state index contributed by atoms with van der Waals surface area (Å²) < 4.78 is 10.3. The molecule has 0 saturated carbocycles. The first kappa shape index (κ1) is 17.5. The van der Waals surface area contributed by atoms with Crippen LogP contribution in [0, 0.1) is 19.8 Å². The molecule has 0 spiro atoms. The van der Waals surface area contributed by atoms with Crippen LogP contribution in [0.2, 0.25) is 0 Å². The molecule has 0 aromatic heterocycles. The lowest BCUT2D eigenvalue weighted by atomic mass is 10.1. The molecular formula is C17H27NO3. The number of esters is 1. The highest BCUT2D eigenvalue weighted by Gasteiger charge is 2.08. The Morgan fingerprint density at radius 1 is 1.24 bits per heavy atom. The van der Waals surface area contributed by atoms with Gasteiger partial charge in [-0.2, -0.15) is 0 Å². The molecule has 0 aliphatic heterocycles. The first-order chi connectivity index (χ1) is 9.93. The standard InChI is InChI=1S/C17H27NO3/c1-12(2)10-18-11-15-8-13(3)17(14(4)9-15)21-7-6-16(19)20-5/h8-9,12,18H,6-7,10-11H2,1-5H3. The summed E-state index contributed by atoms with van der Waals surface area (Å²) in [6, 6.07) is 4.27. The van der Waals surface area contributed by atoms with Crippen LogP contribution >= 0.6 is 0 Å². The number of aryl methyl sites for hydroxylation is 2. The number of ether oxygens (including phenoxy) is 2. The molecule has 1 aromatic rings. The van der Waals surface area contributed by atoms with Crippen LogP contribution in [-0.4, -0.2) is 26.2 Å². The monoisotopic (exact) mass is 293 g/mol. The number of carbonyl (C=O) groups excluding carboxylic acids is 1. The van der Waals surface area contributed by atoms with E-state index in [2.05, 4.69) is 36.0 Å². The van der Waals surface area contributed by atoms with E-state index in [1.807, 2.05) is 13.8 Å². The van der Waals surface area contributed by atoms with Gasteiger partial charge in [0.2, 0.25) is 0 Å². The minimum Gasteiger partial charge on any atom is -0.492 e. The second-order valence-corrected chi connectivity index (χ2v) is 5.76. The molecule has 0 bridgehead atoms. The summed E-state index contributed by atoms with van der Waals surface area (Å²) >= 11 is 0. The third-order valence-corrected chi connectivity index (χ3v) is 3.18. The average Bonchev–Trinajstić information content (AvgIpc) is 2.41. The predicted molar refractivity (Wildman–Crippen MR) is 84.6 cm³/mol. The third-order valence-electron chi connectivity index (χ3n) is 3.18. The van der Waals surface area contributed by atoms with Crippen molar-refractivity contribution in [1.82, 2.24) is 5.32 Å². The van der Waals surface area contributed by atoms with E-state index in [1.165, 1.54) is 12.7 Å². The van der Waals surface area contributed by atoms with E-state index < -0.39 is 0 Å². The van der Waals surface area contributed by atoms with Gasteiger partial charge in [-0.15, -0.1) is 0 Å². The van der Waals surface area contributed by atoms with E-state index in [1.54, 1.807) is 0 Å². The van der Waals surface area contributed by atoms with E-state index in [9.17, 15) is 4.79 Å². The van der Waals surface area contributed by atoms with Gasteiger partial charge in [-0.25, -0.2) is 0 Å². The smallest absolute Gasteiger partial charge is 0.308 e. The van der Waals surface area contributed by atoms with Gasteiger partial charge in [0.1, 0.15) is 5.75 Å². The molecule has 21 heavy (non-hydrogen) atoms. The zero-order valence-electron chi connectivity index (χ0n) is 13.8. The highest BCUT2D eigenvalue weighted by atomic mass is 16.5. The maximum atomic E-state index is 11.1. The van der Waals surface area contributed by atoms with E-state index in [4.69, 9.17) is 4.74 Å². The molecule has 0 aliphatic carbocycles. The molecular weight excluding hydrogens is 266 g/mol. The number of hydrogen-bond acceptors (Lipinski definition) is 4. The number of nitrogens with one attached hydrogen (secondary N) is 1. The summed E-state index contributed by atoms with van der Waals surface area (Å²) in [5.41, 5.74) is 3.45. The van der Waals surface area contributed by atoms with Crippen molar-refractivity contribution in [2.24, 2.45) is 5.92 Å². The summed E-state index contributed by atoms with van der Waals surface area (Å²) in [5.74, 6) is 1.26. The summed E-state index contributed by atoms with van der Waals surface area (Å²) in [4.78, 5) is 11.1. The Balaban J connectivity index is 2.60. The van der Waals surface area contributed by atoms with Gasteiger partial charge in [0, 0.05) is 6.54 Å². The highest BCUT2D eigenvalue weighted by molar-refractivity contribution is 5.69. The van der Waals surface area contributed by atoms with Gasteiger partial charge in [-0.05, 0) is 43.0 Å². The molecule has 1 N–H and O–H groups in total. The lowest BCUT2D eigenvalue weighted by Crippen LogP contribution is -2.19. The molecule has 1 rings (SSSR count).